The molecule has 2 N–H and O–H groups in total. The van der Waals surface area contributed by atoms with Crippen LogP contribution in [0.25, 0.3) is 0 Å². The van der Waals surface area contributed by atoms with Crippen molar-refractivity contribution < 1.29 is 19.1 Å². The monoisotopic (exact) mass is 442 g/mol. The molecule has 1 unspecified atom stereocenters. The maximum Gasteiger partial charge on any atom is 0.265 e. The molecule has 0 radical (unpaired) electrons. The quantitative estimate of drug-likeness (QED) is 0.588. The topological polar surface area (TPSA) is 76.7 Å². The third kappa shape index (κ3) is 4.42. The lowest BCUT2D eigenvalue weighted by atomic mass is 10.1. The molecule has 0 spiro atoms. The van der Waals surface area contributed by atoms with Crippen molar-refractivity contribution in [3.63, 3.8) is 0 Å². The molecule has 2 heterocycles. The van der Waals surface area contributed by atoms with Gasteiger partial charge in [0.05, 0.1) is 21.6 Å². The molecule has 2 aromatic carbocycles. The Morgan fingerprint density at radius 1 is 1.03 bits per heavy atom. The van der Waals surface area contributed by atoms with Crippen molar-refractivity contribution in [1.29, 1.82) is 0 Å². The van der Waals surface area contributed by atoms with E-state index in [2.05, 4.69) is 10.6 Å². The van der Waals surface area contributed by atoms with Crippen LogP contribution < -0.4 is 20.1 Å². The SMILES string of the molecule is CC(NC(=O)c1ccc(Cl)c(NC(=O)c2cccs2)c1)c1ccc2c(c1)OCCO2. The first-order valence-corrected chi connectivity index (χ1v) is 10.6. The van der Waals surface area contributed by atoms with Gasteiger partial charge in [0, 0.05) is 5.56 Å². The van der Waals surface area contributed by atoms with Gasteiger partial charge in [-0.2, -0.15) is 0 Å². The number of carbonyl (C=O) groups is 2. The van der Waals surface area contributed by atoms with Crippen molar-refractivity contribution in [1.82, 2.24) is 5.32 Å². The normalized spacial score (nSPS) is 13.4. The zero-order valence-electron chi connectivity index (χ0n) is 16.1. The highest BCUT2D eigenvalue weighted by atomic mass is 35.5. The number of halogens is 1. The summed E-state index contributed by atoms with van der Waals surface area (Å²) in [5.74, 6) is 0.826. The van der Waals surface area contributed by atoms with E-state index < -0.39 is 0 Å². The number of anilines is 1. The maximum absolute atomic E-state index is 12.8. The number of nitrogens with one attached hydrogen (secondary N) is 2. The predicted octanol–water partition coefficient (Wildman–Crippen LogP) is 4.92. The molecule has 1 aliphatic rings. The number of rotatable bonds is 5. The fraction of sp³-hybridized carbons (Fsp3) is 0.182. The molecule has 0 saturated heterocycles. The van der Waals surface area contributed by atoms with Crippen molar-refractivity contribution in [2.45, 2.75) is 13.0 Å². The Kier molecular flexibility index (Phi) is 5.92. The average Bonchev–Trinajstić information content (AvgIpc) is 3.30. The van der Waals surface area contributed by atoms with Gasteiger partial charge in [-0.15, -0.1) is 11.3 Å². The minimum absolute atomic E-state index is 0.256. The van der Waals surface area contributed by atoms with Gasteiger partial charge in [-0.1, -0.05) is 23.7 Å². The third-order valence-corrected chi connectivity index (χ3v) is 5.83. The van der Waals surface area contributed by atoms with Gasteiger partial charge in [0.25, 0.3) is 11.8 Å². The van der Waals surface area contributed by atoms with Crippen molar-refractivity contribution in [3.05, 3.63) is 74.9 Å². The van der Waals surface area contributed by atoms with Gasteiger partial charge in [-0.3, -0.25) is 9.59 Å². The van der Waals surface area contributed by atoms with Crippen molar-refractivity contribution >= 4 is 40.4 Å². The summed E-state index contributed by atoms with van der Waals surface area (Å²) in [6, 6.07) is 13.6. The van der Waals surface area contributed by atoms with Crippen LogP contribution in [0.3, 0.4) is 0 Å². The van der Waals surface area contributed by atoms with E-state index in [1.54, 1.807) is 30.3 Å². The molecule has 8 heteroatoms. The number of fused-ring (bicyclic) bond motifs is 1. The molecule has 6 nitrogen and oxygen atoms in total. The van der Waals surface area contributed by atoms with Gasteiger partial charge in [0.2, 0.25) is 0 Å². The largest absolute Gasteiger partial charge is 0.486 e. The molecule has 1 aliphatic heterocycles. The highest BCUT2D eigenvalue weighted by Crippen LogP contribution is 2.32. The first-order valence-electron chi connectivity index (χ1n) is 9.36. The summed E-state index contributed by atoms with van der Waals surface area (Å²) in [6.07, 6.45) is 0. The molecular formula is C22H19ClN2O4S. The van der Waals surface area contributed by atoms with Crippen LogP contribution in [0, 0.1) is 0 Å². The number of hydrogen-bond donors (Lipinski definition) is 2. The summed E-state index contributed by atoms with van der Waals surface area (Å²) < 4.78 is 11.1. The van der Waals surface area contributed by atoms with Gasteiger partial charge in [0.1, 0.15) is 13.2 Å². The van der Waals surface area contributed by atoms with Gasteiger partial charge in [-0.05, 0) is 54.3 Å². The molecule has 0 bridgehead atoms. The van der Waals surface area contributed by atoms with Gasteiger partial charge in [0.15, 0.2) is 11.5 Å². The molecule has 154 valence electrons. The number of hydrogen-bond acceptors (Lipinski definition) is 5. The van der Waals surface area contributed by atoms with E-state index in [9.17, 15) is 9.59 Å². The highest BCUT2D eigenvalue weighted by molar-refractivity contribution is 7.12. The van der Waals surface area contributed by atoms with Crippen LogP contribution in [0.15, 0.2) is 53.9 Å². The number of benzene rings is 2. The molecular weight excluding hydrogens is 424 g/mol. The van der Waals surface area contributed by atoms with Gasteiger partial charge < -0.3 is 20.1 Å². The number of thiophene rings is 1. The Balaban J connectivity index is 1.47. The summed E-state index contributed by atoms with van der Waals surface area (Å²) in [4.78, 5) is 25.6. The summed E-state index contributed by atoms with van der Waals surface area (Å²) in [5, 5.41) is 7.89. The molecule has 1 atom stereocenters. The molecule has 0 aliphatic carbocycles. The van der Waals surface area contributed by atoms with Crippen molar-refractivity contribution in [2.24, 2.45) is 0 Å². The summed E-state index contributed by atoms with van der Waals surface area (Å²) in [6.45, 7) is 2.92. The fourth-order valence-electron chi connectivity index (χ4n) is 3.05. The molecule has 3 aromatic rings. The fourth-order valence-corrected chi connectivity index (χ4v) is 3.83. The highest BCUT2D eigenvalue weighted by Gasteiger charge is 2.18. The molecule has 2 amide bonds. The third-order valence-electron chi connectivity index (χ3n) is 4.64. The van der Waals surface area contributed by atoms with Crippen LogP contribution in [0.2, 0.25) is 5.02 Å². The van der Waals surface area contributed by atoms with Gasteiger partial charge >= 0.3 is 0 Å². The first-order chi connectivity index (χ1) is 14.5. The minimum Gasteiger partial charge on any atom is -0.486 e. The molecule has 30 heavy (non-hydrogen) atoms. The Bertz CT molecular complexity index is 1080. The number of carbonyl (C=O) groups excluding carboxylic acids is 2. The van der Waals surface area contributed by atoms with E-state index in [0.29, 0.717) is 45.9 Å². The lowest BCUT2D eigenvalue weighted by molar-refractivity contribution is 0.0938. The molecule has 1 aromatic heterocycles. The van der Waals surface area contributed by atoms with Crippen LogP contribution >= 0.6 is 22.9 Å². The predicted molar refractivity (Wildman–Crippen MR) is 117 cm³/mol. The Morgan fingerprint density at radius 2 is 1.83 bits per heavy atom. The second-order valence-electron chi connectivity index (χ2n) is 6.72. The van der Waals surface area contributed by atoms with E-state index >= 15 is 0 Å². The van der Waals surface area contributed by atoms with Crippen LogP contribution in [-0.4, -0.2) is 25.0 Å². The van der Waals surface area contributed by atoms with E-state index in [1.165, 1.54) is 11.3 Å². The number of amides is 2. The lowest BCUT2D eigenvalue weighted by Gasteiger charge is -2.21. The second-order valence-corrected chi connectivity index (χ2v) is 8.08. The van der Waals surface area contributed by atoms with Crippen LogP contribution in [-0.2, 0) is 0 Å². The minimum atomic E-state index is -0.277. The maximum atomic E-state index is 12.8. The average molecular weight is 443 g/mol. The van der Waals surface area contributed by atoms with Crippen LogP contribution in [0.5, 0.6) is 11.5 Å². The van der Waals surface area contributed by atoms with E-state index in [-0.39, 0.29) is 17.9 Å². The van der Waals surface area contributed by atoms with E-state index in [1.807, 2.05) is 30.5 Å². The van der Waals surface area contributed by atoms with Crippen LogP contribution in [0.4, 0.5) is 5.69 Å². The zero-order valence-corrected chi connectivity index (χ0v) is 17.7. The van der Waals surface area contributed by atoms with Crippen molar-refractivity contribution in [3.8, 4) is 11.5 Å². The van der Waals surface area contributed by atoms with Crippen LogP contribution in [0.1, 0.15) is 38.6 Å². The lowest BCUT2D eigenvalue weighted by Crippen LogP contribution is -2.27. The standard InChI is InChI=1S/C22H19ClN2O4S/c1-13(14-5-7-18-19(12-14)29-9-8-28-18)24-21(26)15-4-6-16(23)17(11-15)25-22(27)20-3-2-10-30-20/h2-7,10-13H,8-9H2,1H3,(H,24,26)(H,25,27). The summed E-state index contributed by atoms with van der Waals surface area (Å²) in [5.41, 5.74) is 1.67. The van der Waals surface area contributed by atoms with E-state index in [0.717, 1.165) is 5.56 Å². The Morgan fingerprint density at radius 3 is 2.60 bits per heavy atom. The summed E-state index contributed by atoms with van der Waals surface area (Å²) in [7, 11) is 0. The van der Waals surface area contributed by atoms with Crippen molar-refractivity contribution in [2.75, 3.05) is 18.5 Å². The number of ether oxygens (including phenoxy) is 2. The smallest absolute Gasteiger partial charge is 0.265 e. The van der Waals surface area contributed by atoms with Gasteiger partial charge in [-0.25, -0.2) is 0 Å². The Labute approximate surface area is 182 Å². The zero-order chi connectivity index (χ0) is 21.1. The summed E-state index contributed by atoms with van der Waals surface area (Å²) >= 11 is 7.54. The Hall–Kier alpha value is -3.03. The molecule has 4 rings (SSSR count). The van der Waals surface area contributed by atoms with E-state index in [4.69, 9.17) is 21.1 Å². The first kappa shape index (κ1) is 20.3. The molecule has 0 saturated carbocycles. The second kappa shape index (κ2) is 8.77. The molecule has 0 fully saturated rings.